The Labute approximate surface area is 82.2 Å². The van der Waals surface area contributed by atoms with E-state index < -0.39 is 0 Å². The highest BCUT2D eigenvalue weighted by atomic mass is 16.5. The summed E-state index contributed by atoms with van der Waals surface area (Å²) in [6.07, 6.45) is 1.82. The molecule has 2 heteroatoms. The van der Waals surface area contributed by atoms with Gasteiger partial charge in [0.15, 0.2) is 0 Å². The average Bonchev–Trinajstić information content (AvgIpc) is 1.81. The van der Waals surface area contributed by atoms with Crippen molar-refractivity contribution in [2.75, 3.05) is 6.61 Å². The Morgan fingerprint density at radius 2 is 2.08 bits per heavy atom. The fraction of sp³-hybridized carbons (Fsp3) is 0.818. The Hall–Kier alpha value is -0.340. The zero-order valence-corrected chi connectivity index (χ0v) is 9.39. The van der Waals surface area contributed by atoms with Gasteiger partial charge in [-0.2, -0.15) is 0 Å². The van der Waals surface area contributed by atoms with Crippen molar-refractivity contribution in [1.82, 2.24) is 0 Å². The maximum Gasteiger partial charge on any atom is 0.0641 e. The molecular weight excluding hydrogens is 162 g/mol. The van der Waals surface area contributed by atoms with Gasteiger partial charge in [-0.3, -0.25) is 0 Å². The van der Waals surface area contributed by atoms with Gasteiger partial charge in [-0.15, -0.1) is 6.58 Å². The molecule has 0 fully saturated rings. The monoisotopic (exact) mass is 185 g/mol. The highest BCUT2D eigenvalue weighted by Crippen LogP contribution is 2.16. The standard InChI is InChI=1S/C11H23NO/c1-9(2)6-7-13-11(4,5)8-10(3)12/h10H,1,6-8,12H2,2-5H3. The predicted molar refractivity (Wildman–Crippen MR) is 57.7 cm³/mol. The molecule has 0 aliphatic carbocycles. The first-order valence-corrected chi connectivity index (χ1v) is 4.87. The van der Waals surface area contributed by atoms with Gasteiger partial charge in [-0.1, -0.05) is 5.57 Å². The van der Waals surface area contributed by atoms with E-state index in [0.29, 0.717) is 0 Å². The van der Waals surface area contributed by atoms with Gasteiger partial charge < -0.3 is 10.5 Å². The maximum absolute atomic E-state index is 5.71. The number of ether oxygens (including phenoxy) is 1. The summed E-state index contributed by atoms with van der Waals surface area (Å²) < 4.78 is 5.71. The Morgan fingerprint density at radius 1 is 1.54 bits per heavy atom. The molecule has 0 radical (unpaired) electrons. The van der Waals surface area contributed by atoms with Crippen molar-refractivity contribution in [3.8, 4) is 0 Å². The van der Waals surface area contributed by atoms with Gasteiger partial charge in [0.2, 0.25) is 0 Å². The molecule has 78 valence electrons. The zero-order valence-electron chi connectivity index (χ0n) is 9.39. The molecular formula is C11H23NO. The van der Waals surface area contributed by atoms with E-state index in [4.69, 9.17) is 10.5 Å². The van der Waals surface area contributed by atoms with Gasteiger partial charge in [0.05, 0.1) is 12.2 Å². The van der Waals surface area contributed by atoms with Crippen LogP contribution in [0, 0.1) is 0 Å². The molecule has 0 aliphatic heterocycles. The van der Waals surface area contributed by atoms with E-state index >= 15 is 0 Å². The number of nitrogens with two attached hydrogens (primary N) is 1. The first-order valence-electron chi connectivity index (χ1n) is 4.87. The van der Waals surface area contributed by atoms with E-state index in [1.54, 1.807) is 0 Å². The summed E-state index contributed by atoms with van der Waals surface area (Å²) in [5.41, 5.74) is 6.77. The van der Waals surface area contributed by atoms with Gasteiger partial charge in [0.25, 0.3) is 0 Å². The molecule has 1 atom stereocenters. The lowest BCUT2D eigenvalue weighted by Gasteiger charge is -2.27. The number of hydrogen-bond acceptors (Lipinski definition) is 2. The van der Waals surface area contributed by atoms with Crippen molar-refractivity contribution in [1.29, 1.82) is 0 Å². The lowest BCUT2D eigenvalue weighted by Crippen LogP contribution is -2.33. The van der Waals surface area contributed by atoms with Crippen LogP contribution in [-0.4, -0.2) is 18.2 Å². The second-order valence-corrected chi connectivity index (χ2v) is 4.50. The van der Waals surface area contributed by atoms with Crippen LogP contribution in [0.15, 0.2) is 12.2 Å². The number of rotatable bonds is 6. The number of hydrogen-bond donors (Lipinski definition) is 1. The quantitative estimate of drug-likeness (QED) is 0.645. The second-order valence-electron chi connectivity index (χ2n) is 4.50. The minimum absolute atomic E-state index is 0.108. The van der Waals surface area contributed by atoms with Crippen molar-refractivity contribution >= 4 is 0 Å². The molecule has 0 bridgehead atoms. The SMILES string of the molecule is C=C(C)CCOC(C)(C)CC(C)N. The van der Waals surface area contributed by atoms with Gasteiger partial charge in [0, 0.05) is 6.04 Å². The topological polar surface area (TPSA) is 35.2 Å². The van der Waals surface area contributed by atoms with E-state index in [9.17, 15) is 0 Å². The normalized spacial score (nSPS) is 14.2. The first-order chi connectivity index (χ1) is 5.83. The molecule has 0 heterocycles. The van der Waals surface area contributed by atoms with Crippen molar-refractivity contribution in [3.05, 3.63) is 12.2 Å². The van der Waals surface area contributed by atoms with Crippen LogP contribution in [0.5, 0.6) is 0 Å². The Kier molecular flexibility index (Phi) is 5.26. The van der Waals surface area contributed by atoms with E-state index in [2.05, 4.69) is 20.4 Å². The van der Waals surface area contributed by atoms with Gasteiger partial charge in [0.1, 0.15) is 0 Å². The van der Waals surface area contributed by atoms with Crippen molar-refractivity contribution in [2.24, 2.45) is 5.73 Å². The second kappa shape index (κ2) is 5.40. The van der Waals surface area contributed by atoms with Gasteiger partial charge in [-0.05, 0) is 40.5 Å². The maximum atomic E-state index is 5.71. The van der Waals surface area contributed by atoms with Crippen molar-refractivity contribution < 1.29 is 4.74 Å². The van der Waals surface area contributed by atoms with Gasteiger partial charge >= 0.3 is 0 Å². The molecule has 2 nitrogen and oxygen atoms in total. The first kappa shape index (κ1) is 12.7. The summed E-state index contributed by atoms with van der Waals surface area (Å²) in [7, 11) is 0. The summed E-state index contributed by atoms with van der Waals surface area (Å²) in [6, 6.07) is 0.194. The predicted octanol–water partition coefficient (Wildman–Crippen LogP) is 2.49. The fourth-order valence-corrected chi connectivity index (χ4v) is 1.34. The third-order valence-electron chi connectivity index (χ3n) is 1.84. The van der Waals surface area contributed by atoms with Gasteiger partial charge in [-0.25, -0.2) is 0 Å². The fourth-order valence-electron chi connectivity index (χ4n) is 1.34. The summed E-state index contributed by atoms with van der Waals surface area (Å²) in [4.78, 5) is 0. The molecule has 0 spiro atoms. The minimum Gasteiger partial charge on any atom is -0.375 e. The Balaban J connectivity index is 3.68. The minimum atomic E-state index is -0.108. The molecule has 13 heavy (non-hydrogen) atoms. The van der Waals surface area contributed by atoms with Crippen LogP contribution < -0.4 is 5.73 Å². The molecule has 0 aliphatic rings. The van der Waals surface area contributed by atoms with Crippen molar-refractivity contribution in [2.45, 2.75) is 52.2 Å². The van der Waals surface area contributed by atoms with Crippen molar-refractivity contribution in [3.63, 3.8) is 0 Å². The molecule has 2 N–H and O–H groups in total. The molecule has 0 amide bonds. The molecule has 0 saturated heterocycles. The summed E-state index contributed by atoms with van der Waals surface area (Å²) in [6.45, 7) is 12.8. The summed E-state index contributed by atoms with van der Waals surface area (Å²) in [5, 5.41) is 0. The molecule has 0 aromatic heterocycles. The molecule has 1 unspecified atom stereocenters. The van der Waals surface area contributed by atoms with Crippen LogP contribution in [0.2, 0.25) is 0 Å². The Morgan fingerprint density at radius 3 is 2.46 bits per heavy atom. The lowest BCUT2D eigenvalue weighted by molar-refractivity contribution is -0.0249. The smallest absolute Gasteiger partial charge is 0.0641 e. The molecule has 0 aromatic carbocycles. The van der Waals surface area contributed by atoms with Crippen LogP contribution >= 0.6 is 0 Å². The third kappa shape index (κ3) is 8.00. The summed E-state index contributed by atoms with van der Waals surface area (Å²) in [5.74, 6) is 0. The summed E-state index contributed by atoms with van der Waals surface area (Å²) >= 11 is 0. The highest BCUT2D eigenvalue weighted by Gasteiger charge is 2.19. The van der Waals surface area contributed by atoms with Crippen LogP contribution in [0.4, 0.5) is 0 Å². The molecule has 0 rings (SSSR count). The van der Waals surface area contributed by atoms with Crippen LogP contribution in [0.1, 0.15) is 40.5 Å². The van der Waals surface area contributed by atoms with E-state index in [1.807, 2.05) is 13.8 Å². The van der Waals surface area contributed by atoms with E-state index in [1.165, 1.54) is 0 Å². The third-order valence-corrected chi connectivity index (χ3v) is 1.84. The molecule has 0 aromatic rings. The Bertz CT molecular complexity index is 161. The van der Waals surface area contributed by atoms with Crippen LogP contribution in [0.3, 0.4) is 0 Å². The zero-order chi connectivity index (χ0) is 10.5. The van der Waals surface area contributed by atoms with Crippen LogP contribution in [0.25, 0.3) is 0 Å². The average molecular weight is 185 g/mol. The highest BCUT2D eigenvalue weighted by molar-refractivity contribution is 4.87. The largest absolute Gasteiger partial charge is 0.375 e. The molecule has 0 saturated carbocycles. The van der Waals surface area contributed by atoms with E-state index in [-0.39, 0.29) is 11.6 Å². The lowest BCUT2D eigenvalue weighted by atomic mass is 10.0. The van der Waals surface area contributed by atoms with E-state index in [0.717, 1.165) is 25.0 Å². The van der Waals surface area contributed by atoms with Crippen LogP contribution in [-0.2, 0) is 4.74 Å².